The van der Waals surface area contributed by atoms with E-state index < -0.39 is 0 Å². The molecule has 0 aliphatic rings. The first-order valence-corrected chi connectivity index (χ1v) is 1.68. The van der Waals surface area contributed by atoms with Crippen LogP contribution in [0.25, 0.3) is 0 Å². The number of hydrogen-bond donors (Lipinski definition) is 3. The molecule has 0 amide bonds. The molecule has 0 unspecified atom stereocenters. The lowest BCUT2D eigenvalue weighted by molar-refractivity contribution is 0.149. The van der Waals surface area contributed by atoms with Crippen LogP contribution in [0.1, 0.15) is 0 Å². The predicted octanol–water partition coefficient (Wildman–Crippen LogP) is -1.39. The molecule has 0 saturated heterocycles. The van der Waals surface area contributed by atoms with E-state index in [1.807, 2.05) is 0 Å². The summed E-state index contributed by atoms with van der Waals surface area (Å²) in [7, 11) is 0. The molecule has 0 aromatic heterocycles. The van der Waals surface area contributed by atoms with Crippen LogP contribution in [0.15, 0.2) is 10.3 Å². The lowest BCUT2D eigenvalue weighted by Crippen LogP contribution is -2.14. The first kappa shape index (κ1) is 6.70. The van der Waals surface area contributed by atoms with Crippen LogP contribution in [0.3, 0.4) is 0 Å². The van der Waals surface area contributed by atoms with E-state index >= 15 is 0 Å². The second-order valence-corrected chi connectivity index (χ2v) is 0.866. The van der Waals surface area contributed by atoms with Gasteiger partial charge in [-0.3, -0.25) is 0 Å². The number of hydrogen-bond acceptors (Lipinski definition) is 5. The quantitative estimate of drug-likeness (QED) is 0.179. The number of amidine groups is 1. The van der Waals surface area contributed by atoms with E-state index in [2.05, 4.69) is 21.1 Å². The molecule has 0 aliphatic carbocycles. The summed E-state index contributed by atoms with van der Waals surface area (Å²) in [5.41, 5.74) is 4.93. The Kier molecular flexibility index (Phi) is 3.25. The molecule has 0 bridgehead atoms. The topological polar surface area (TPSA) is 106 Å². The number of oxime groups is 2. The van der Waals surface area contributed by atoms with Crippen molar-refractivity contribution in [1.82, 2.24) is 0 Å². The Hall–Kier alpha value is -1.30. The van der Waals surface area contributed by atoms with Crippen molar-refractivity contribution < 1.29 is 10.1 Å². The zero-order valence-corrected chi connectivity index (χ0v) is 3.98. The first-order valence-electron chi connectivity index (χ1n) is 1.68. The fraction of sp³-hybridized carbons (Fsp3) is 0. The molecular formula is C2H6N4O2. The van der Waals surface area contributed by atoms with E-state index in [1.54, 1.807) is 0 Å². The average molecular weight is 118 g/mol. The van der Waals surface area contributed by atoms with Gasteiger partial charge in [0.15, 0.2) is 5.84 Å². The summed E-state index contributed by atoms with van der Waals surface area (Å²) in [4.78, 5) is 3.72. The highest BCUT2D eigenvalue weighted by molar-refractivity contribution is 6.28. The molecule has 0 aromatic carbocycles. The van der Waals surface area contributed by atoms with E-state index in [-0.39, 0.29) is 5.84 Å². The molecule has 5 N–H and O–H groups in total. The van der Waals surface area contributed by atoms with Crippen LogP contribution < -0.4 is 11.6 Å². The maximum atomic E-state index is 7.78. The lowest BCUT2D eigenvalue weighted by atomic mass is 10.7. The highest BCUT2D eigenvalue weighted by Gasteiger charge is 1.80. The van der Waals surface area contributed by atoms with E-state index in [0.29, 0.717) is 0 Å². The van der Waals surface area contributed by atoms with Crippen molar-refractivity contribution in [3.8, 4) is 0 Å². The summed E-state index contributed by atoms with van der Waals surface area (Å²) in [6.07, 6.45) is 0.882. The molecule has 46 valence electrons. The van der Waals surface area contributed by atoms with Gasteiger partial charge >= 0.3 is 0 Å². The van der Waals surface area contributed by atoms with Gasteiger partial charge in [0.2, 0.25) is 0 Å². The monoisotopic (exact) mass is 118 g/mol. The average Bonchev–Trinajstić information content (AvgIpc) is 1.68. The van der Waals surface area contributed by atoms with Gasteiger partial charge < -0.3 is 15.9 Å². The fourth-order valence-electron chi connectivity index (χ4n) is 0.144. The zero-order valence-electron chi connectivity index (χ0n) is 3.98. The third-order valence-corrected chi connectivity index (χ3v) is 0.348. The Morgan fingerprint density at radius 3 is 2.75 bits per heavy atom. The molecule has 0 heterocycles. The first-order chi connectivity index (χ1) is 3.81. The highest BCUT2D eigenvalue weighted by atomic mass is 16.7. The molecule has 6 nitrogen and oxygen atoms in total. The van der Waals surface area contributed by atoms with Crippen LogP contribution >= 0.6 is 0 Å². The lowest BCUT2D eigenvalue weighted by Gasteiger charge is -1.84. The van der Waals surface area contributed by atoms with Crippen molar-refractivity contribution in [2.45, 2.75) is 0 Å². The highest BCUT2D eigenvalue weighted by Crippen LogP contribution is 1.61. The van der Waals surface area contributed by atoms with E-state index in [1.165, 1.54) is 0 Å². The Labute approximate surface area is 45.3 Å². The van der Waals surface area contributed by atoms with Gasteiger partial charge in [0.25, 0.3) is 0 Å². The second kappa shape index (κ2) is 3.88. The third kappa shape index (κ3) is 2.91. The summed E-state index contributed by atoms with van der Waals surface area (Å²) in [5, 5.41) is 13.3. The van der Waals surface area contributed by atoms with Crippen molar-refractivity contribution in [3.63, 3.8) is 0 Å². The van der Waals surface area contributed by atoms with Gasteiger partial charge in [0, 0.05) is 0 Å². The van der Waals surface area contributed by atoms with Crippen molar-refractivity contribution in [2.24, 2.45) is 21.9 Å². The van der Waals surface area contributed by atoms with Crippen LogP contribution in [0.2, 0.25) is 0 Å². The molecule has 0 saturated carbocycles. The van der Waals surface area contributed by atoms with Gasteiger partial charge in [0.05, 0.1) is 0 Å². The van der Waals surface area contributed by atoms with Crippen LogP contribution in [-0.4, -0.2) is 17.3 Å². The van der Waals surface area contributed by atoms with E-state index in [4.69, 9.17) is 10.9 Å². The summed E-state index contributed by atoms with van der Waals surface area (Å²) in [5.74, 6) is 4.35. The number of nitrogens with two attached hydrogens (primary N) is 2. The van der Waals surface area contributed by atoms with Gasteiger partial charge in [0.1, 0.15) is 6.21 Å². The zero-order chi connectivity index (χ0) is 6.41. The van der Waals surface area contributed by atoms with Gasteiger partial charge in [-0.15, -0.1) is 5.90 Å². The van der Waals surface area contributed by atoms with Crippen LogP contribution in [0.5, 0.6) is 0 Å². The minimum absolute atomic E-state index is 0.102. The van der Waals surface area contributed by atoms with Gasteiger partial charge in [-0.1, -0.05) is 5.16 Å². The molecule has 0 radical (unpaired) electrons. The minimum Gasteiger partial charge on any atom is -0.411 e. The molecule has 6 heteroatoms. The van der Waals surface area contributed by atoms with Gasteiger partial charge in [-0.2, -0.15) is 0 Å². The predicted molar refractivity (Wildman–Crippen MR) is 27.2 cm³/mol. The van der Waals surface area contributed by atoms with Gasteiger partial charge in [-0.25, -0.2) is 0 Å². The number of rotatable bonds is 2. The molecule has 0 spiro atoms. The largest absolute Gasteiger partial charge is 0.411 e. The summed E-state index contributed by atoms with van der Waals surface area (Å²) in [6.45, 7) is 0. The molecule has 8 heavy (non-hydrogen) atoms. The molecule has 0 aromatic rings. The Morgan fingerprint density at radius 2 is 2.38 bits per heavy atom. The standard InChI is InChI=1S/C2H6N4O2/c3-2(1-5-7)6-8-4/h1,7H,4H2,(H2,3,6). The smallest absolute Gasteiger partial charge is 0.187 e. The summed E-state index contributed by atoms with van der Waals surface area (Å²) < 4.78 is 0. The Bertz CT molecular complexity index is 109. The van der Waals surface area contributed by atoms with Crippen molar-refractivity contribution >= 4 is 12.1 Å². The second-order valence-electron chi connectivity index (χ2n) is 0.866. The molecular weight excluding hydrogens is 112 g/mol. The van der Waals surface area contributed by atoms with Crippen molar-refractivity contribution in [3.05, 3.63) is 0 Å². The summed E-state index contributed by atoms with van der Waals surface area (Å²) >= 11 is 0. The molecule has 0 aliphatic heterocycles. The van der Waals surface area contributed by atoms with Crippen LogP contribution in [0, 0.1) is 0 Å². The normalized spacial score (nSPS) is 12.4. The maximum Gasteiger partial charge on any atom is 0.187 e. The maximum absolute atomic E-state index is 7.78. The Balaban J connectivity index is 3.61. The molecule has 0 fully saturated rings. The SMILES string of the molecule is NON=C(N)C=NO. The molecule has 0 rings (SSSR count). The summed E-state index contributed by atoms with van der Waals surface area (Å²) in [6, 6.07) is 0. The van der Waals surface area contributed by atoms with E-state index in [9.17, 15) is 0 Å². The van der Waals surface area contributed by atoms with E-state index in [0.717, 1.165) is 6.21 Å². The van der Waals surface area contributed by atoms with Crippen molar-refractivity contribution in [2.75, 3.05) is 0 Å². The van der Waals surface area contributed by atoms with Crippen LogP contribution in [0.4, 0.5) is 0 Å². The Morgan fingerprint density at radius 1 is 1.75 bits per heavy atom. The fourth-order valence-corrected chi connectivity index (χ4v) is 0.144. The van der Waals surface area contributed by atoms with Gasteiger partial charge in [-0.05, 0) is 5.16 Å². The van der Waals surface area contributed by atoms with Crippen molar-refractivity contribution in [1.29, 1.82) is 0 Å². The molecule has 0 atom stereocenters. The minimum atomic E-state index is -0.102. The third-order valence-electron chi connectivity index (χ3n) is 0.348. The number of nitrogens with zero attached hydrogens (tertiary/aromatic N) is 2. The van der Waals surface area contributed by atoms with Crippen LogP contribution in [-0.2, 0) is 4.94 Å².